The predicted octanol–water partition coefficient (Wildman–Crippen LogP) is 3.75. The molecule has 2 N–H and O–H groups in total. The van der Waals surface area contributed by atoms with Gasteiger partial charge in [-0.25, -0.2) is 4.98 Å². The summed E-state index contributed by atoms with van der Waals surface area (Å²) in [5.74, 6) is -1.11. The molecule has 0 aliphatic carbocycles. The average molecular weight is 417 g/mol. The van der Waals surface area contributed by atoms with Gasteiger partial charge in [0.25, 0.3) is 17.5 Å². The molecule has 0 saturated heterocycles. The first-order chi connectivity index (χ1) is 13.3. The van der Waals surface area contributed by atoms with Gasteiger partial charge in [-0.05, 0) is 31.2 Å². The summed E-state index contributed by atoms with van der Waals surface area (Å²) in [4.78, 5) is 39.3. The minimum Gasteiger partial charge on any atom is -0.267 e. The van der Waals surface area contributed by atoms with Gasteiger partial charge in [0.05, 0.1) is 10.6 Å². The lowest BCUT2D eigenvalue weighted by atomic mass is 10.2. The largest absolute Gasteiger partial charge is 0.281 e. The Morgan fingerprint density at radius 2 is 1.79 bits per heavy atom. The lowest BCUT2D eigenvalue weighted by molar-refractivity contribution is -0.384. The van der Waals surface area contributed by atoms with Gasteiger partial charge in [0.15, 0.2) is 0 Å². The van der Waals surface area contributed by atoms with Crippen molar-refractivity contribution in [1.82, 2.24) is 15.8 Å². The lowest BCUT2D eigenvalue weighted by Gasteiger charge is -2.06. The summed E-state index contributed by atoms with van der Waals surface area (Å²) in [5.41, 5.74) is 5.95. The number of hydrazine groups is 1. The second-order valence-corrected chi connectivity index (χ2v) is 7.09. The summed E-state index contributed by atoms with van der Waals surface area (Å²) in [5, 5.41) is 11.8. The number of carbonyl (C=O) groups is 2. The summed E-state index contributed by atoms with van der Waals surface area (Å²) in [7, 11) is 0. The maximum absolute atomic E-state index is 12.4. The van der Waals surface area contributed by atoms with Crippen molar-refractivity contribution in [1.29, 1.82) is 0 Å². The normalized spacial score (nSPS) is 10.4. The zero-order valence-corrected chi connectivity index (χ0v) is 16.0. The minimum absolute atomic E-state index is 0.130. The van der Waals surface area contributed by atoms with Crippen molar-refractivity contribution in [2.45, 2.75) is 6.92 Å². The first kappa shape index (κ1) is 19.5. The molecule has 0 aliphatic heterocycles. The molecule has 8 nitrogen and oxygen atoms in total. The number of rotatable bonds is 4. The highest BCUT2D eigenvalue weighted by molar-refractivity contribution is 7.17. The molecule has 0 aliphatic rings. The fourth-order valence-corrected chi connectivity index (χ4v) is 3.48. The third-order valence-corrected chi connectivity index (χ3v) is 5.14. The zero-order valence-electron chi connectivity index (χ0n) is 14.4. The molecule has 3 aromatic rings. The summed E-state index contributed by atoms with van der Waals surface area (Å²) in [6, 6.07) is 12.1. The highest BCUT2D eigenvalue weighted by Crippen LogP contribution is 2.29. The van der Waals surface area contributed by atoms with Gasteiger partial charge in [-0.3, -0.25) is 30.6 Å². The summed E-state index contributed by atoms with van der Waals surface area (Å²) < 4.78 is 0. The topological polar surface area (TPSA) is 114 Å². The van der Waals surface area contributed by atoms with E-state index in [2.05, 4.69) is 15.8 Å². The van der Waals surface area contributed by atoms with E-state index in [9.17, 15) is 19.7 Å². The molecule has 3 rings (SSSR count). The van der Waals surface area contributed by atoms with E-state index in [1.54, 1.807) is 25.1 Å². The highest BCUT2D eigenvalue weighted by atomic mass is 35.5. The van der Waals surface area contributed by atoms with Gasteiger partial charge < -0.3 is 0 Å². The maximum atomic E-state index is 12.4. The van der Waals surface area contributed by atoms with Crippen LogP contribution in [0.5, 0.6) is 0 Å². The quantitative estimate of drug-likeness (QED) is 0.496. The molecule has 1 heterocycles. The monoisotopic (exact) mass is 416 g/mol. The Hall–Kier alpha value is -3.30. The average Bonchev–Trinajstić information content (AvgIpc) is 3.07. The number of nitro groups is 1. The molecule has 10 heteroatoms. The van der Waals surface area contributed by atoms with Crippen LogP contribution in [0.4, 0.5) is 5.69 Å². The number of nitrogens with zero attached hydrogens (tertiary/aromatic N) is 2. The summed E-state index contributed by atoms with van der Waals surface area (Å²) in [6.45, 7) is 1.69. The third-order valence-electron chi connectivity index (χ3n) is 3.70. The Balaban J connectivity index is 1.68. The fraction of sp³-hybridized carbons (Fsp3) is 0.0556. The van der Waals surface area contributed by atoms with E-state index >= 15 is 0 Å². The number of nitrogens with one attached hydrogen (secondary N) is 2. The van der Waals surface area contributed by atoms with Crippen molar-refractivity contribution in [3.63, 3.8) is 0 Å². The van der Waals surface area contributed by atoms with Crippen LogP contribution in [0.2, 0.25) is 5.02 Å². The Morgan fingerprint density at radius 1 is 1.11 bits per heavy atom. The van der Waals surface area contributed by atoms with Crippen LogP contribution in [0.25, 0.3) is 10.6 Å². The Morgan fingerprint density at radius 3 is 2.43 bits per heavy atom. The van der Waals surface area contributed by atoms with Gasteiger partial charge in [-0.15, -0.1) is 11.3 Å². The molecule has 1 aromatic heterocycles. The van der Waals surface area contributed by atoms with Crippen LogP contribution >= 0.6 is 22.9 Å². The Bertz CT molecular complexity index is 1070. The van der Waals surface area contributed by atoms with Gasteiger partial charge in [0.1, 0.15) is 9.88 Å². The number of nitro benzene ring substituents is 1. The molecule has 0 spiro atoms. The van der Waals surface area contributed by atoms with Gasteiger partial charge in [-0.2, -0.15) is 0 Å². The molecule has 0 unspecified atom stereocenters. The van der Waals surface area contributed by atoms with Gasteiger partial charge in [0, 0.05) is 28.3 Å². The molecular weight excluding hydrogens is 404 g/mol. The van der Waals surface area contributed by atoms with E-state index in [1.165, 1.54) is 35.6 Å². The standard InChI is InChI=1S/C18H13ClN4O4S/c1-10-15(28-18(20-10)12-3-2-4-13(19)9-12)17(25)22-21-16(24)11-5-7-14(8-6-11)23(26)27/h2-9H,1H3,(H,21,24)(H,22,25). The second-order valence-electron chi connectivity index (χ2n) is 5.66. The van der Waals surface area contributed by atoms with E-state index in [0.717, 1.165) is 5.56 Å². The van der Waals surface area contributed by atoms with Crippen molar-refractivity contribution in [3.05, 3.63) is 79.8 Å². The van der Waals surface area contributed by atoms with Crippen molar-refractivity contribution >= 4 is 40.4 Å². The number of amides is 2. The zero-order chi connectivity index (χ0) is 20.3. The predicted molar refractivity (Wildman–Crippen MR) is 105 cm³/mol. The lowest BCUT2D eigenvalue weighted by Crippen LogP contribution is -2.41. The third kappa shape index (κ3) is 4.33. The first-order valence-electron chi connectivity index (χ1n) is 7.93. The smallest absolute Gasteiger partial charge is 0.267 e. The van der Waals surface area contributed by atoms with Crippen LogP contribution in [-0.4, -0.2) is 21.7 Å². The van der Waals surface area contributed by atoms with E-state index in [4.69, 9.17) is 11.6 Å². The molecule has 2 amide bonds. The van der Waals surface area contributed by atoms with Crippen LogP contribution < -0.4 is 10.9 Å². The number of aromatic nitrogens is 1. The first-order valence-corrected chi connectivity index (χ1v) is 9.13. The number of halogens is 1. The number of aryl methyl sites for hydroxylation is 1. The SMILES string of the molecule is Cc1nc(-c2cccc(Cl)c2)sc1C(=O)NNC(=O)c1ccc([N+](=O)[O-])cc1. The number of hydrogen-bond donors (Lipinski definition) is 2. The highest BCUT2D eigenvalue weighted by Gasteiger charge is 2.17. The van der Waals surface area contributed by atoms with E-state index in [-0.39, 0.29) is 11.3 Å². The van der Waals surface area contributed by atoms with Crippen LogP contribution in [-0.2, 0) is 0 Å². The molecular formula is C18H13ClN4O4S. The van der Waals surface area contributed by atoms with Crippen LogP contribution in [0, 0.1) is 17.0 Å². The number of thiazole rings is 1. The van der Waals surface area contributed by atoms with Crippen LogP contribution in [0.3, 0.4) is 0 Å². The van der Waals surface area contributed by atoms with Crippen molar-refractivity contribution in [2.24, 2.45) is 0 Å². The molecule has 0 fully saturated rings. The number of hydrogen-bond acceptors (Lipinski definition) is 6. The molecule has 0 saturated carbocycles. The van der Waals surface area contributed by atoms with Gasteiger partial charge >= 0.3 is 0 Å². The minimum atomic E-state index is -0.597. The number of benzene rings is 2. The molecule has 0 radical (unpaired) electrons. The number of carbonyl (C=O) groups excluding carboxylic acids is 2. The van der Waals surface area contributed by atoms with Crippen molar-refractivity contribution in [3.8, 4) is 10.6 Å². The molecule has 142 valence electrons. The molecule has 0 bridgehead atoms. The van der Waals surface area contributed by atoms with E-state index < -0.39 is 16.7 Å². The molecule has 2 aromatic carbocycles. The van der Waals surface area contributed by atoms with Crippen LogP contribution in [0.1, 0.15) is 25.7 Å². The van der Waals surface area contributed by atoms with Gasteiger partial charge in [-0.1, -0.05) is 23.7 Å². The summed E-state index contributed by atoms with van der Waals surface area (Å²) in [6.07, 6.45) is 0. The van der Waals surface area contributed by atoms with Crippen molar-refractivity contribution < 1.29 is 14.5 Å². The Kier molecular flexibility index (Phi) is 5.67. The van der Waals surface area contributed by atoms with Crippen molar-refractivity contribution in [2.75, 3.05) is 0 Å². The van der Waals surface area contributed by atoms with E-state index in [0.29, 0.717) is 20.6 Å². The molecule has 28 heavy (non-hydrogen) atoms. The number of non-ortho nitro benzene ring substituents is 1. The molecule has 0 atom stereocenters. The van der Waals surface area contributed by atoms with E-state index in [1.807, 2.05) is 6.07 Å². The van der Waals surface area contributed by atoms with Gasteiger partial charge in [0.2, 0.25) is 0 Å². The fourth-order valence-electron chi connectivity index (χ4n) is 2.33. The maximum Gasteiger partial charge on any atom is 0.281 e. The second kappa shape index (κ2) is 8.15. The summed E-state index contributed by atoms with van der Waals surface area (Å²) >= 11 is 7.16. The Labute approximate surface area is 168 Å². The van der Waals surface area contributed by atoms with Crippen LogP contribution in [0.15, 0.2) is 48.5 Å².